The third kappa shape index (κ3) is 5.15. The molecular formula is C24H23N3O3S2. The third-order valence-corrected chi connectivity index (χ3v) is 6.65. The number of thiocarbonyl (C=S) groups is 1. The lowest BCUT2D eigenvalue weighted by Crippen LogP contribution is -2.34. The number of primary amides is 1. The second kappa shape index (κ2) is 9.93. The number of nitrogens with two attached hydrogens (primary N) is 1. The average molecular weight is 466 g/mol. The van der Waals surface area contributed by atoms with Crippen LogP contribution in [0.15, 0.2) is 54.6 Å². The minimum absolute atomic E-state index is 0.125. The summed E-state index contributed by atoms with van der Waals surface area (Å²) in [6.07, 6.45) is 3.90. The molecule has 1 aromatic heterocycles. The first kappa shape index (κ1) is 22.0. The predicted octanol–water partition coefficient (Wildman–Crippen LogP) is 4.43. The summed E-state index contributed by atoms with van der Waals surface area (Å²) in [6, 6.07) is 16.7. The zero-order valence-electron chi connectivity index (χ0n) is 17.4. The summed E-state index contributed by atoms with van der Waals surface area (Å²) in [6.45, 7) is 0.452. The second-order valence-corrected chi connectivity index (χ2v) is 9.00. The fraction of sp³-hybridized carbons (Fsp3) is 0.208. The Labute approximate surface area is 195 Å². The van der Waals surface area contributed by atoms with Crippen LogP contribution in [0.1, 0.15) is 49.6 Å². The van der Waals surface area contributed by atoms with Crippen molar-refractivity contribution in [3.8, 4) is 5.75 Å². The molecule has 0 saturated heterocycles. The normalized spacial score (nSPS) is 12.5. The fourth-order valence-corrected chi connectivity index (χ4v) is 5.23. The van der Waals surface area contributed by atoms with E-state index in [2.05, 4.69) is 10.6 Å². The maximum absolute atomic E-state index is 12.6. The summed E-state index contributed by atoms with van der Waals surface area (Å²) in [5.74, 6) is -0.160. The molecule has 3 aromatic rings. The van der Waals surface area contributed by atoms with Gasteiger partial charge in [0.15, 0.2) is 5.11 Å². The molecule has 4 N–H and O–H groups in total. The summed E-state index contributed by atoms with van der Waals surface area (Å²) in [5.41, 5.74) is 8.62. The lowest BCUT2D eigenvalue weighted by molar-refractivity contribution is 0.0975. The SMILES string of the molecule is NC(=O)c1c(NC(=S)NC(=O)c2ccc(OCc3ccccc3)cc2)sc2c1CCCC2. The van der Waals surface area contributed by atoms with Crippen LogP contribution < -0.4 is 21.1 Å². The number of amides is 2. The summed E-state index contributed by atoms with van der Waals surface area (Å²) >= 11 is 6.79. The smallest absolute Gasteiger partial charge is 0.257 e. The highest BCUT2D eigenvalue weighted by Crippen LogP contribution is 2.37. The van der Waals surface area contributed by atoms with Gasteiger partial charge in [-0.1, -0.05) is 30.3 Å². The number of hydrogen-bond acceptors (Lipinski definition) is 5. The van der Waals surface area contributed by atoms with E-state index in [1.54, 1.807) is 24.3 Å². The maximum atomic E-state index is 12.6. The van der Waals surface area contributed by atoms with Gasteiger partial charge in [-0.3, -0.25) is 14.9 Å². The first-order valence-electron chi connectivity index (χ1n) is 10.3. The summed E-state index contributed by atoms with van der Waals surface area (Å²) in [4.78, 5) is 25.7. The maximum Gasteiger partial charge on any atom is 0.257 e. The molecular weight excluding hydrogens is 442 g/mol. The number of thiophene rings is 1. The van der Waals surface area contributed by atoms with Crippen LogP contribution in [0.25, 0.3) is 0 Å². The number of carbonyl (C=O) groups is 2. The number of nitrogens with one attached hydrogen (secondary N) is 2. The quantitative estimate of drug-likeness (QED) is 0.468. The highest BCUT2D eigenvalue weighted by molar-refractivity contribution is 7.80. The molecule has 0 aliphatic heterocycles. The highest BCUT2D eigenvalue weighted by Gasteiger charge is 2.24. The van der Waals surface area contributed by atoms with E-state index < -0.39 is 5.91 Å². The van der Waals surface area contributed by atoms with E-state index in [9.17, 15) is 9.59 Å². The van der Waals surface area contributed by atoms with Crippen molar-refractivity contribution in [2.24, 2.45) is 5.73 Å². The summed E-state index contributed by atoms with van der Waals surface area (Å²) in [7, 11) is 0. The minimum atomic E-state index is -0.480. The number of ether oxygens (including phenoxy) is 1. The van der Waals surface area contributed by atoms with Gasteiger partial charge in [-0.05, 0) is 73.3 Å². The molecule has 1 aliphatic carbocycles. The Kier molecular flexibility index (Phi) is 6.82. The lowest BCUT2D eigenvalue weighted by Gasteiger charge is -2.12. The molecule has 32 heavy (non-hydrogen) atoms. The zero-order valence-corrected chi connectivity index (χ0v) is 19.0. The molecule has 0 unspecified atom stereocenters. The van der Waals surface area contributed by atoms with Gasteiger partial charge in [-0.15, -0.1) is 11.3 Å². The van der Waals surface area contributed by atoms with Crippen LogP contribution in [0.2, 0.25) is 0 Å². The third-order valence-electron chi connectivity index (χ3n) is 5.24. The molecule has 4 rings (SSSR count). The molecule has 0 saturated carbocycles. The lowest BCUT2D eigenvalue weighted by atomic mass is 9.95. The number of fused-ring (bicyclic) bond motifs is 1. The van der Waals surface area contributed by atoms with Crippen molar-refractivity contribution in [1.82, 2.24) is 5.32 Å². The Bertz CT molecular complexity index is 1140. The second-order valence-electron chi connectivity index (χ2n) is 7.49. The Hall–Kier alpha value is -3.23. The number of benzene rings is 2. The average Bonchev–Trinajstić information content (AvgIpc) is 3.16. The number of hydrogen-bond donors (Lipinski definition) is 3. The summed E-state index contributed by atoms with van der Waals surface area (Å²) in [5, 5.41) is 6.38. The standard InChI is InChI=1S/C24H23N3O3S2/c25-21(28)20-18-8-4-5-9-19(18)32-23(20)27-24(31)26-22(29)16-10-12-17(13-11-16)30-14-15-6-2-1-3-7-15/h1-3,6-7,10-13H,4-5,8-9,14H2,(H2,25,28)(H2,26,27,29,31). The van der Waals surface area contributed by atoms with Crippen molar-refractivity contribution in [1.29, 1.82) is 0 Å². The Morgan fingerprint density at radius 1 is 1.03 bits per heavy atom. The van der Waals surface area contributed by atoms with Gasteiger partial charge in [0.2, 0.25) is 0 Å². The van der Waals surface area contributed by atoms with E-state index in [0.717, 1.165) is 41.7 Å². The van der Waals surface area contributed by atoms with Crippen LogP contribution >= 0.6 is 23.6 Å². The molecule has 1 aliphatic rings. The first-order valence-corrected chi connectivity index (χ1v) is 11.6. The van der Waals surface area contributed by atoms with Gasteiger partial charge in [-0.25, -0.2) is 0 Å². The molecule has 2 amide bonds. The number of aryl methyl sites for hydroxylation is 1. The molecule has 0 spiro atoms. The van der Waals surface area contributed by atoms with Crippen LogP contribution in [0.3, 0.4) is 0 Å². The van der Waals surface area contributed by atoms with Crippen molar-refractivity contribution in [2.75, 3.05) is 5.32 Å². The highest BCUT2D eigenvalue weighted by atomic mass is 32.1. The van der Waals surface area contributed by atoms with E-state index in [1.807, 2.05) is 30.3 Å². The Morgan fingerprint density at radius 3 is 2.47 bits per heavy atom. The monoisotopic (exact) mass is 465 g/mol. The van der Waals surface area contributed by atoms with Crippen LogP contribution in [-0.2, 0) is 19.4 Å². The van der Waals surface area contributed by atoms with Crippen LogP contribution in [-0.4, -0.2) is 16.9 Å². The molecule has 1 heterocycles. The molecule has 6 nitrogen and oxygen atoms in total. The largest absolute Gasteiger partial charge is 0.489 e. The van der Waals surface area contributed by atoms with Crippen molar-refractivity contribution in [3.63, 3.8) is 0 Å². The first-order chi connectivity index (χ1) is 15.5. The van der Waals surface area contributed by atoms with E-state index in [-0.39, 0.29) is 11.0 Å². The molecule has 0 fully saturated rings. The van der Waals surface area contributed by atoms with Crippen molar-refractivity contribution in [2.45, 2.75) is 32.3 Å². The Balaban J connectivity index is 1.36. The Morgan fingerprint density at radius 2 is 1.75 bits per heavy atom. The van der Waals surface area contributed by atoms with Gasteiger partial charge in [0, 0.05) is 10.4 Å². The number of anilines is 1. The van der Waals surface area contributed by atoms with Gasteiger partial charge in [-0.2, -0.15) is 0 Å². The van der Waals surface area contributed by atoms with Crippen molar-refractivity contribution in [3.05, 3.63) is 81.7 Å². The zero-order chi connectivity index (χ0) is 22.5. The minimum Gasteiger partial charge on any atom is -0.489 e. The molecule has 0 bridgehead atoms. The van der Waals surface area contributed by atoms with Crippen molar-refractivity contribution < 1.29 is 14.3 Å². The van der Waals surface area contributed by atoms with E-state index >= 15 is 0 Å². The molecule has 0 radical (unpaired) electrons. The van der Waals surface area contributed by atoms with Gasteiger partial charge < -0.3 is 15.8 Å². The van der Waals surface area contributed by atoms with Gasteiger partial charge in [0.25, 0.3) is 11.8 Å². The predicted molar refractivity (Wildman–Crippen MR) is 130 cm³/mol. The van der Waals surface area contributed by atoms with E-state index in [1.165, 1.54) is 11.3 Å². The number of carbonyl (C=O) groups excluding carboxylic acids is 2. The molecule has 0 atom stereocenters. The van der Waals surface area contributed by atoms with E-state index in [0.29, 0.717) is 28.5 Å². The fourth-order valence-electron chi connectivity index (χ4n) is 3.67. The summed E-state index contributed by atoms with van der Waals surface area (Å²) < 4.78 is 5.75. The topological polar surface area (TPSA) is 93.5 Å². The van der Waals surface area contributed by atoms with Gasteiger partial charge in [0.05, 0.1) is 5.56 Å². The van der Waals surface area contributed by atoms with Crippen molar-refractivity contribution >= 4 is 45.5 Å². The van der Waals surface area contributed by atoms with E-state index in [4.69, 9.17) is 22.7 Å². The van der Waals surface area contributed by atoms with Crippen LogP contribution in [0.4, 0.5) is 5.00 Å². The van der Waals surface area contributed by atoms with Crippen LogP contribution in [0, 0.1) is 0 Å². The number of rotatable bonds is 6. The molecule has 164 valence electrons. The van der Waals surface area contributed by atoms with Gasteiger partial charge in [0.1, 0.15) is 17.4 Å². The molecule has 2 aromatic carbocycles. The van der Waals surface area contributed by atoms with Crippen LogP contribution in [0.5, 0.6) is 5.75 Å². The molecule has 8 heteroatoms. The van der Waals surface area contributed by atoms with Gasteiger partial charge >= 0.3 is 0 Å².